The number of carboxylic acid groups (broad SMARTS) is 1. The van der Waals surface area contributed by atoms with E-state index in [1.165, 1.54) is 0 Å². The summed E-state index contributed by atoms with van der Waals surface area (Å²) in [5.74, 6) is -0.114. The van der Waals surface area contributed by atoms with E-state index in [-0.39, 0.29) is 12.5 Å². The number of likely N-dealkylation sites (N-methyl/N-ethyl adjacent to an activating group) is 1. The van der Waals surface area contributed by atoms with Crippen molar-refractivity contribution in [3.05, 3.63) is 0 Å². The van der Waals surface area contributed by atoms with E-state index in [4.69, 9.17) is 5.11 Å². The zero-order chi connectivity index (χ0) is 10.3. The Labute approximate surface area is 76.9 Å². The van der Waals surface area contributed by atoms with Gasteiger partial charge in [0.1, 0.15) is 0 Å². The molecule has 0 aliphatic carbocycles. The summed E-state index contributed by atoms with van der Waals surface area (Å²) in [5, 5.41) is 12.9. The Kier molecular flexibility index (Phi) is 5.62. The van der Waals surface area contributed by atoms with Crippen LogP contribution in [-0.2, 0) is 4.79 Å². The average Bonchev–Trinajstić information content (AvgIpc) is 1.96. The molecule has 6 heteroatoms. The van der Waals surface area contributed by atoms with Gasteiger partial charge in [-0.3, -0.25) is 4.79 Å². The van der Waals surface area contributed by atoms with E-state index < -0.39 is 6.09 Å². The van der Waals surface area contributed by atoms with Crippen LogP contribution in [-0.4, -0.2) is 55.7 Å². The molecule has 0 saturated heterocycles. The number of rotatable bonds is 5. The number of amides is 2. The van der Waals surface area contributed by atoms with Crippen LogP contribution in [0.1, 0.15) is 0 Å². The highest BCUT2D eigenvalue weighted by Crippen LogP contribution is 1.73. The second-order valence-electron chi connectivity index (χ2n) is 2.82. The van der Waals surface area contributed by atoms with Crippen molar-refractivity contribution in [1.82, 2.24) is 15.5 Å². The lowest BCUT2D eigenvalue weighted by atomic mass is 10.5. The molecule has 0 aromatic heterocycles. The van der Waals surface area contributed by atoms with Gasteiger partial charge in [0.25, 0.3) is 0 Å². The lowest BCUT2D eigenvalue weighted by Gasteiger charge is -2.09. The third-order valence-corrected chi connectivity index (χ3v) is 1.18. The molecule has 0 unspecified atom stereocenters. The molecule has 3 N–H and O–H groups in total. The zero-order valence-electron chi connectivity index (χ0n) is 7.83. The number of nitrogens with one attached hydrogen (secondary N) is 2. The Morgan fingerprint density at radius 1 is 1.23 bits per heavy atom. The normalized spacial score (nSPS) is 9.77. The highest BCUT2D eigenvalue weighted by molar-refractivity contribution is 5.77. The van der Waals surface area contributed by atoms with Crippen LogP contribution in [0.5, 0.6) is 0 Å². The Morgan fingerprint density at radius 3 is 2.23 bits per heavy atom. The van der Waals surface area contributed by atoms with Gasteiger partial charge in [-0.15, -0.1) is 0 Å². The van der Waals surface area contributed by atoms with Gasteiger partial charge < -0.3 is 20.6 Å². The second-order valence-corrected chi connectivity index (χ2v) is 2.82. The maximum Gasteiger partial charge on any atom is 0.404 e. The first-order chi connectivity index (χ1) is 6.02. The van der Waals surface area contributed by atoms with Crippen molar-refractivity contribution in [2.75, 3.05) is 33.7 Å². The smallest absolute Gasteiger partial charge is 0.404 e. The molecule has 0 aromatic rings. The van der Waals surface area contributed by atoms with Crippen molar-refractivity contribution in [1.29, 1.82) is 0 Å². The molecule has 13 heavy (non-hydrogen) atoms. The molecular formula is C7H15N3O3. The summed E-state index contributed by atoms with van der Waals surface area (Å²) in [5.41, 5.74) is 0. The number of hydrogen-bond acceptors (Lipinski definition) is 3. The predicted octanol–water partition coefficient (Wildman–Crippen LogP) is -1.07. The maximum atomic E-state index is 11.0. The van der Waals surface area contributed by atoms with Gasteiger partial charge >= 0.3 is 6.09 Å². The van der Waals surface area contributed by atoms with Gasteiger partial charge in [0.05, 0.1) is 6.54 Å². The average molecular weight is 189 g/mol. The van der Waals surface area contributed by atoms with Gasteiger partial charge in [-0.1, -0.05) is 0 Å². The monoisotopic (exact) mass is 189 g/mol. The minimum absolute atomic E-state index is 0.114. The van der Waals surface area contributed by atoms with Crippen LogP contribution < -0.4 is 10.6 Å². The first-order valence-electron chi connectivity index (χ1n) is 3.90. The highest BCUT2D eigenvalue weighted by atomic mass is 16.4. The number of carbonyl (C=O) groups excluding carboxylic acids is 1. The molecule has 0 rings (SSSR count). The van der Waals surface area contributed by atoms with E-state index in [0.29, 0.717) is 13.1 Å². The molecule has 0 aliphatic heterocycles. The molecule has 0 heterocycles. The molecule has 2 amide bonds. The summed E-state index contributed by atoms with van der Waals surface area (Å²) in [6.07, 6.45) is -1.08. The minimum atomic E-state index is -1.08. The van der Waals surface area contributed by atoms with Crippen LogP contribution in [0.25, 0.3) is 0 Å². The van der Waals surface area contributed by atoms with E-state index >= 15 is 0 Å². The fourth-order valence-corrected chi connectivity index (χ4v) is 0.714. The molecular weight excluding hydrogens is 174 g/mol. The van der Waals surface area contributed by atoms with E-state index in [9.17, 15) is 9.59 Å². The highest BCUT2D eigenvalue weighted by Gasteiger charge is 2.01. The lowest BCUT2D eigenvalue weighted by Crippen LogP contribution is -2.38. The molecule has 0 saturated carbocycles. The second kappa shape index (κ2) is 6.24. The van der Waals surface area contributed by atoms with Crippen molar-refractivity contribution < 1.29 is 14.7 Å². The molecule has 76 valence electrons. The first-order valence-corrected chi connectivity index (χ1v) is 3.90. The van der Waals surface area contributed by atoms with Crippen LogP contribution in [0.15, 0.2) is 0 Å². The van der Waals surface area contributed by atoms with E-state index in [2.05, 4.69) is 10.6 Å². The molecule has 0 radical (unpaired) electrons. The Bertz CT molecular complexity index is 182. The lowest BCUT2D eigenvalue weighted by molar-refractivity contribution is -0.121. The van der Waals surface area contributed by atoms with Crippen molar-refractivity contribution in [3.8, 4) is 0 Å². The molecule has 0 atom stereocenters. The number of carbonyl (C=O) groups is 2. The van der Waals surface area contributed by atoms with Crippen LogP contribution in [0, 0.1) is 0 Å². The molecule has 0 bridgehead atoms. The predicted molar refractivity (Wildman–Crippen MR) is 47.6 cm³/mol. The summed E-state index contributed by atoms with van der Waals surface area (Å²) < 4.78 is 0. The molecule has 0 spiro atoms. The van der Waals surface area contributed by atoms with Gasteiger partial charge in [0.2, 0.25) is 5.91 Å². The largest absolute Gasteiger partial charge is 0.465 e. The minimum Gasteiger partial charge on any atom is -0.465 e. The van der Waals surface area contributed by atoms with E-state index in [1.54, 1.807) is 19.0 Å². The van der Waals surface area contributed by atoms with Crippen molar-refractivity contribution in [2.24, 2.45) is 0 Å². The van der Waals surface area contributed by atoms with Crippen molar-refractivity contribution >= 4 is 12.0 Å². The number of nitrogens with zero attached hydrogens (tertiary/aromatic N) is 1. The summed E-state index contributed by atoms with van der Waals surface area (Å²) in [7, 11) is 3.57. The molecule has 6 nitrogen and oxygen atoms in total. The summed E-state index contributed by atoms with van der Waals surface area (Å²) in [6.45, 7) is 0.862. The Morgan fingerprint density at radius 2 is 1.77 bits per heavy atom. The molecule has 0 fully saturated rings. The van der Waals surface area contributed by atoms with Crippen LogP contribution in [0.2, 0.25) is 0 Å². The quantitative estimate of drug-likeness (QED) is 0.481. The standard InChI is InChI=1S/C7H15N3O3/c1-10(2)5-6(11)8-3-4-9-7(12)13/h9H,3-5H2,1-2H3,(H,8,11)(H,12,13). The Balaban J connectivity index is 3.32. The van der Waals surface area contributed by atoms with E-state index in [1.807, 2.05) is 0 Å². The summed E-state index contributed by atoms with van der Waals surface area (Å²) in [4.78, 5) is 22.7. The first kappa shape index (κ1) is 11.7. The van der Waals surface area contributed by atoms with Crippen LogP contribution in [0.3, 0.4) is 0 Å². The maximum absolute atomic E-state index is 11.0. The van der Waals surface area contributed by atoms with E-state index in [0.717, 1.165) is 0 Å². The summed E-state index contributed by atoms with van der Waals surface area (Å²) >= 11 is 0. The van der Waals surface area contributed by atoms with Gasteiger partial charge in [0.15, 0.2) is 0 Å². The topological polar surface area (TPSA) is 81.7 Å². The van der Waals surface area contributed by atoms with Crippen LogP contribution >= 0.6 is 0 Å². The number of hydrogen-bond donors (Lipinski definition) is 3. The molecule has 0 aromatic carbocycles. The van der Waals surface area contributed by atoms with Gasteiger partial charge in [-0.25, -0.2) is 4.79 Å². The summed E-state index contributed by atoms with van der Waals surface area (Å²) in [6, 6.07) is 0. The Hall–Kier alpha value is -1.30. The van der Waals surface area contributed by atoms with Gasteiger partial charge in [0, 0.05) is 13.1 Å². The van der Waals surface area contributed by atoms with Crippen LogP contribution in [0.4, 0.5) is 4.79 Å². The fourth-order valence-electron chi connectivity index (χ4n) is 0.714. The SMILES string of the molecule is CN(C)CC(=O)NCCNC(=O)O. The van der Waals surface area contributed by atoms with Gasteiger partial charge in [-0.05, 0) is 14.1 Å². The molecule has 0 aliphatic rings. The van der Waals surface area contributed by atoms with Crippen molar-refractivity contribution in [2.45, 2.75) is 0 Å². The van der Waals surface area contributed by atoms with Crippen molar-refractivity contribution in [3.63, 3.8) is 0 Å². The third-order valence-electron chi connectivity index (χ3n) is 1.18. The third kappa shape index (κ3) is 8.61. The zero-order valence-corrected chi connectivity index (χ0v) is 7.83. The fraction of sp³-hybridized carbons (Fsp3) is 0.714. The van der Waals surface area contributed by atoms with Gasteiger partial charge in [-0.2, -0.15) is 0 Å².